The first kappa shape index (κ1) is 23.8. The zero-order chi connectivity index (χ0) is 24.1. The standard InChI is InChI=1S/C26H30N2O6/c1-16(24(29)28-23-15-33-13-22(23)25(30)31)7-6-12-27-26(32)34-14-21-19-10-4-2-8-17(19)18-9-3-5-11-20(18)21/h2-5,8-11,16,21-23H,6-7,12-15H2,1H3,(H,27,32)(H,28,29)(H,30,31). The van der Waals surface area contributed by atoms with Crippen LogP contribution in [0.25, 0.3) is 11.1 Å². The van der Waals surface area contributed by atoms with Gasteiger partial charge in [0, 0.05) is 18.4 Å². The molecule has 2 amide bonds. The number of alkyl carbamates (subject to hydrolysis) is 1. The second-order valence-electron chi connectivity index (χ2n) is 8.89. The highest BCUT2D eigenvalue weighted by Gasteiger charge is 2.35. The minimum Gasteiger partial charge on any atom is -0.481 e. The second kappa shape index (κ2) is 10.7. The van der Waals surface area contributed by atoms with Gasteiger partial charge in [0.2, 0.25) is 5.91 Å². The van der Waals surface area contributed by atoms with E-state index in [-0.39, 0.29) is 37.6 Å². The predicted octanol–water partition coefficient (Wildman–Crippen LogP) is 3.16. The van der Waals surface area contributed by atoms with Crippen molar-refractivity contribution in [2.24, 2.45) is 11.8 Å². The molecular weight excluding hydrogens is 436 g/mol. The fraction of sp³-hybridized carbons (Fsp3) is 0.423. The van der Waals surface area contributed by atoms with Gasteiger partial charge >= 0.3 is 12.1 Å². The van der Waals surface area contributed by atoms with Crippen molar-refractivity contribution in [1.82, 2.24) is 10.6 Å². The van der Waals surface area contributed by atoms with Crippen molar-refractivity contribution < 1.29 is 29.0 Å². The summed E-state index contributed by atoms with van der Waals surface area (Å²) >= 11 is 0. The van der Waals surface area contributed by atoms with Crippen LogP contribution in [0.2, 0.25) is 0 Å². The highest BCUT2D eigenvalue weighted by atomic mass is 16.5. The molecule has 8 heteroatoms. The van der Waals surface area contributed by atoms with Gasteiger partial charge in [-0.3, -0.25) is 9.59 Å². The summed E-state index contributed by atoms with van der Waals surface area (Å²) in [5, 5.41) is 14.7. The first-order chi connectivity index (χ1) is 16.5. The lowest BCUT2D eigenvalue weighted by atomic mass is 9.98. The molecule has 3 N–H and O–H groups in total. The van der Waals surface area contributed by atoms with Crippen LogP contribution in [0.3, 0.4) is 0 Å². The van der Waals surface area contributed by atoms with Gasteiger partial charge in [-0.2, -0.15) is 0 Å². The molecule has 0 radical (unpaired) electrons. The van der Waals surface area contributed by atoms with Gasteiger partial charge in [-0.25, -0.2) is 4.79 Å². The van der Waals surface area contributed by atoms with Crippen molar-refractivity contribution >= 4 is 18.0 Å². The van der Waals surface area contributed by atoms with Crippen molar-refractivity contribution in [3.8, 4) is 11.1 Å². The van der Waals surface area contributed by atoms with Gasteiger partial charge in [0.1, 0.15) is 12.5 Å². The molecule has 1 aliphatic carbocycles. The molecule has 2 aliphatic rings. The average molecular weight is 467 g/mol. The molecule has 34 heavy (non-hydrogen) atoms. The number of ether oxygens (including phenoxy) is 2. The van der Waals surface area contributed by atoms with Gasteiger partial charge in [0.15, 0.2) is 0 Å². The second-order valence-corrected chi connectivity index (χ2v) is 8.89. The Morgan fingerprint density at radius 2 is 1.71 bits per heavy atom. The molecule has 1 aliphatic heterocycles. The van der Waals surface area contributed by atoms with E-state index in [9.17, 15) is 19.5 Å². The van der Waals surface area contributed by atoms with E-state index < -0.39 is 24.0 Å². The van der Waals surface area contributed by atoms with Crippen LogP contribution in [0, 0.1) is 11.8 Å². The number of nitrogens with one attached hydrogen (secondary N) is 2. The van der Waals surface area contributed by atoms with E-state index in [1.807, 2.05) is 24.3 Å². The average Bonchev–Trinajstić information content (AvgIpc) is 3.43. The van der Waals surface area contributed by atoms with Gasteiger partial charge in [0.05, 0.1) is 19.3 Å². The van der Waals surface area contributed by atoms with E-state index in [1.54, 1.807) is 6.92 Å². The highest BCUT2D eigenvalue weighted by molar-refractivity contribution is 5.80. The normalized spacial score (nSPS) is 19.7. The lowest BCUT2D eigenvalue weighted by molar-refractivity contribution is -0.142. The van der Waals surface area contributed by atoms with Crippen LogP contribution in [0.4, 0.5) is 4.79 Å². The van der Waals surface area contributed by atoms with E-state index in [0.29, 0.717) is 19.4 Å². The number of carbonyl (C=O) groups excluding carboxylic acids is 2. The Kier molecular flexibility index (Phi) is 7.47. The highest BCUT2D eigenvalue weighted by Crippen LogP contribution is 2.44. The molecule has 0 spiro atoms. The zero-order valence-corrected chi connectivity index (χ0v) is 19.2. The van der Waals surface area contributed by atoms with Gasteiger partial charge in [0.25, 0.3) is 0 Å². The van der Waals surface area contributed by atoms with Crippen molar-refractivity contribution in [3.05, 3.63) is 59.7 Å². The largest absolute Gasteiger partial charge is 0.481 e. The van der Waals surface area contributed by atoms with E-state index in [0.717, 1.165) is 11.1 Å². The summed E-state index contributed by atoms with van der Waals surface area (Å²) in [6.45, 7) is 2.75. The lowest BCUT2D eigenvalue weighted by Crippen LogP contribution is -2.44. The number of aliphatic carboxylic acids is 1. The number of hydrogen-bond acceptors (Lipinski definition) is 5. The fourth-order valence-corrected chi connectivity index (χ4v) is 4.64. The van der Waals surface area contributed by atoms with E-state index in [4.69, 9.17) is 9.47 Å². The molecule has 0 aromatic heterocycles. The molecule has 2 aromatic rings. The van der Waals surface area contributed by atoms with Crippen molar-refractivity contribution in [2.75, 3.05) is 26.4 Å². The molecule has 3 atom stereocenters. The molecule has 2 aromatic carbocycles. The molecule has 1 fully saturated rings. The number of benzene rings is 2. The molecule has 0 saturated carbocycles. The number of carbonyl (C=O) groups is 3. The molecule has 0 bridgehead atoms. The molecular formula is C26H30N2O6. The topological polar surface area (TPSA) is 114 Å². The molecule has 8 nitrogen and oxygen atoms in total. The van der Waals surface area contributed by atoms with Crippen molar-refractivity contribution in [1.29, 1.82) is 0 Å². The van der Waals surface area contributed by atoms with Crippen LogP contribution < -0.4 is 10.6 Å². The maximum absolute atomic E-state index is 12.4. The van der Waals surface area contributed by atoms with Crippen LogP contribution in [-0.2, 0) is 19.1 Å². The van der Waals surface area contributed by atoms with E-state index in [1.165, 1.54) is 11.1 Å². The summed E-state index contributed by atoms with van der Waals surface area (Å²) in [6, 6.07) is 15.8. The molecule has 3 unspecified atom stereocenters. The zero-order valence-electron chi connectivity index (χ0n) is 19.2. The monoisotopic (exact) mass is 466 g/mol. The molecule has 4 rings (SSSR count). The Morgan fingerprint density at radius 1 is 1.06 bits per heavy atom. The van der Waals surface area contributed by atoms with Crippen LogP contribution >= 0.6 is 0 Å². The minimum absolute atomic E-state index is 0.0102. The number of carboxylic acid groups (broad SMARTS) is 1. The number of carboxylic acids is 1. The van der Waals surface area contributed by atoms with Gasteiger partial charge in [-0.15, -0.1) is 0 Å². The van der Waals surface area contributed by atoms with Crippen molar-refractivity contribution in [3.63, 3.8) is 0 Å². The third-order valence-electron chi connectivity index (χ3n) is 6.60. The quantitative estimate of drug-likeness (QED) is 0.489. The lowest BCUT2D eigenvalue weighted by Gasteiger charge is -2.19. The Labute approximate surface area is 198 Å². The third-order valence-corrected chi connectivity index (χ3v) is 6.60. The smallest absolute Gasteiger partial charge is 0.407 e. The Morgan fingerprint density at radius 3 is 2.35 bits per heavy atom. The van der Waals surface area contributed by atoms with Gasteiger partial charge in [-0.05, 0) is 35.1 Å². The van der Waals surface area contributed by atoms with Crippen molar-refractivity contribution in [2.45, 2.75) is 31.7 Å². The Bertz CT molecular complexity index is 1010. The molecule has 1 saturated heterocycles. The summed E-state index contributed by atoms with van der Waals surface area (Å²) < 4.78 is 10.7. The van der Waals surface area contributed by atoms with E-state index in [2.05, 4.69) is 34.9 Å². The molecule has 180 valence electrons. The predicted molar refractivity (Wildman–Crippen MR) is 125 cm³/mol. The number of fused-ring (bicyclic) bond motifs is 3. The SMILES string of the molecule is CC(CCCNC(=O)OCC1c2ccccc2-c2ccccc21)C(=O)NC1COCC1C(=O)O. The minimum atomic E-state index is -0.970. The first-order valence-electron chi connectivity index (χ1n) is 11.7. The van der Waals surface area contributed by atoms with Gasteiger partial charge in [-0.1, -0.05) is 55.5 Å². The Balaban J connectivity index is 1.18. The fourth-order valence-electron chi connectivity index (χ4n) is 4.64. The summed E-state index contributed by atoms with van der Waals surface area (Å²) in [5.74, 6) is -2.19. The van der Waals surface area contributed by atoms with Gasteiger partial charge < -0.3 is 25.2 Å². The van der Waals surface area contributed by atoms with Crippen LogP contribution in [-0.4, -0.2) is 55.5 Å². The third kappa shape index (κ3) is 5.22. The van der Waals surface area contributed by atoms with Crippen LogP contribution in [0.15, 0.2) is 48.5 Å². The summed E-state index contributed by atoms with van der Waals surface area (Å²) in [4.78, 5) is 35.8. The Hall–Kier alpha value is -3.39. The van der Waals surface area contributed by atoms with Crippen LogP contribution in [0.1, 0.15) is 36.8 Å². The number of amides is 2. The first-order valence-corrected chi connectivity index (χ1v) is 11.7. The summed E-state index contributed by atoms with van der Waals surface area (Å²) in [5.41, 5.74) is 4.68. The number of hydrogen-bond donors (Lipinski definition) is 3. The summed E-state index contributed by atoms with van der Waals surface area (Å²) in [7, 11) is 0. The van der Waals surface area contributed by atoms with E-state index >= 15 is 0 Å². The summed E-state index contributed by atoms with van der Waals surface area (Å²) in [6.07, 6.45) is 0.676. The maximum Gasteiger partial charge on any atom is 0.407 e. The molecule has 1 heterocycles. The number of rotatable bonds is 9. The maximum atomic E-state index is 12.4. The van der Waals surface area contributed by atoms with Crippen LogP contribution in [0.5, 0.6) is 0 Å².